The second-order valence-corrected chi connectivity index (χ2v) is 6.91. The van der Waals surface area contributed by atoms with Gasteiger partial charge in [-0.05, 0) is 38.3 Å². The molecule has 1 aromatic rings. The quantitative estimate of drug-likeness (QED) is 0.852. The molecule has 0 spiro atoms. The third kappa shape index (κ3) is 4.31. The number of benzene rings is 1. The first-order chi connectivity index (χ1) is 11.2. The van der Waals surface area contributed by atoms with E-state index < -0.39 is 0 Å². The van der Waals surface area contributed by atoms with Gasteiger partial charge in [0.2, 0.25) is 5.91 Å². The number of carbonyl (C=O) groups excluding carboxylic acids is 1. The Morgan fingerprint density at radius 2 is 1.78 bits per heavy atom. The van der Waals surface area contributed by atoms with Crippen LogP contribution < -0.4 is 0 Å². The standard InChI is InChI=1S/C19H27FN2O/c20-18-10-4-3-8-16(18)14-21-11-7-9-17(15-21)19(23)22-12-5-1-2-6-13-22/h3-4,8,10,17H,1-2,5-7,9,11-15H2/t17-/m1/s1. The predicted molar refractivity (Wildman–Crippen MR) is 89.4 cm³/mol. The molecule has 1 atom stereocenters. The van der Waals surface area contributed by atoms with E-state index in [9.17, 15) is 9.18 Å². The monoisotopic (exact) mass is 318 g/mol. The molecule has 3 rings (SSSR count). The lowest BCUT2D eigenvalue weighted by atomic mass is 9.96. The zero-order chi connectivity index (χ0) is 16.1. The van der Waals surface area contributed by atoms with Gasteiger partial charge in [-0.3, -0.25) is 9.69 Å². The fraction of sp³-hybridized carbons (Fsp3) is 0.632. The van der Waals surface area contributed by atoms with E-state index in [0.29, 0.717) is 12.5 Å². The first-order valence-electron chi connectivity index (χ1n) is 8.98. The summed E-state index contributed by atoms with van der Waals surface area (Å²) in [6.07, 6.45) is 6.76. The third-order valence-corrected chi connectivity index (χ3v) is 5.12. The number of amides is 1. The molecule has 0 radical (unpaired) electrons. The maximum atomic E-state index is 13.8. The van der Waals surface area contributed by atoms with Crippen LogP contribution in [-0.2, 0) is 11.3 Å². The smallest absolute Gasteiger partial charge is 0.226 e. The number of nitrogens with zero attached hydrogens (tertiary/aromatic N) is 2. The van der Waals surface area contributed by atoms with Crippen LogP contribution in [0.25, 0.3) is 0 Å². The highest BCUT2D eigenvalue weighted by atomic mass is 19.1. The van der Waals surface area contributed by atoms with Crippen molar-refractivity contribution in [1.29, 1.82) is 0 Å². The zero-order valence-electron chi connectivity index (χ0n) is 13.8. The minimum Gasteiger partial charge on any atom is -0.342 e. The van der Waals surface area contributed by atoms with Crippen molar-refractivity contribution in [3.05, 3.63) is 35.6 Å². The largest absolute Gasteiger partial charge is 0.342 e. The number of rotatable bonds is 3. The van der Waals surface area contributed by atoms with Crippen molar-refractivity contribution in [2.75, 3.05) is 26.2 Å². The molecule has 0 bridgehead atoms. The summed E-state index contributed by atoms with van der Waals surface area (Å²) in [7, 11) is 0. The number of carbonyl (C=O) groups is 1. The molecule has 4 heteroatoms. The van der Waals surface area contributed by atoms with E-state index in [2.05, 4.69) is 9.80 Å². The van der Waals surface area contributed by atoms with Crippen LogP contribution in [0.5, 0.6) is 0 Å². The normalized spacial score (nSPS) is 23.5. The van der Waals surface area contributed by atoms with Gasteiger partial charge in [0.25, 0.3) is 0 Å². The van der Waals surface area contributed by atoms with Gasteiger partial charge in [0, 0.05) is 31.7 Å². The van der Waals surface area contributed by atoms with Crippen molar-refractivity contribution in [1.82, 2.24) is 9.80 Å². The number of piperidine rings is 1. The molecule has 0 saturated carbocycles. The van der Waals surface area contributed by atoms with Crippen LogP contribution >= 0.6 is 0 Å². The molecule has 2 fully saturated rings. The Hall–Kier alpha value is -1.42. The molecule has 2 aliphatic heterocycles. The Labute approximate surface area is 138 Å². The summed E-state index contributed by atoms with van der Waals surface area (Å²) in [5.41, 5.74) is 0.732. The number of halogens is 1. The topological polar surface area (TPSA) is 23.6 Å². The van der Waals surface area contributed by atoms with Crippen molar-refractivity contribution < 1.29 is 9.18 Å². The number of hydrogen-bond donors (Lipinski definition) is 0. The summed E-state index contributed by atoms with van der Waals surface area (Å²) in [4.78, 5) is 17.1. The van der Waals surface area contributed by atoms with Crippen LogP contribution in [0.3, 0.4) is 0 Å². The van der Waals surface area contributed by atoms with Crippen LogP contribution in [0.15, 0.2) is 24.3 Å². The van der Waals surface area contributed by atoms with Gasteiger partial charge in [-0.1, -0.05) is 31.0 Å². The minimum atomic E-state index is -0.145. The predicted octanol–water partition coefficient (Wildman–Crippen LogP) is 3.44. The molecule has 0 unspecified atom stereocenters. The van der Waals surface area contributed by atoms with E-state index in [1.165, 1.54) is 18.9 Å². The molecular formula is C19H27FN2O. The maximum absolute atomic E-state index is 13.8. The van der Waals surface area contributed by atoms with Gasteiger partial charge < -0.3 is 4.90 Å². The molecule has 0 N–H and O–H groups in total. The van der Waals surface area contributed by atoms with E-state index in [4.69, 9.17) is 0 Å². The fourth-order valence-electron chi connectivity index (χ4n) is 3.82. The van der Waals surface area contributed by atoms with E-state index in [0.717, 1.165) is 57.4 Å². The van der Waals surface area contributed by atoms with Crippen molar-refractivity contribution in [3.8, 4) is 0 Å². The molecular weight excluding hydrogens is 291 g/mol. The zero-order valence-corrected chi connectivity index (χ0v) is 13.8. The summed E-state index contributed by atoms with van der Waals surface area (Å²) in [5, 5.41) is 0. The van der Waals surface area contributed by atoms with Gasteiger partial charge in [0.1, 0.15) is 5.82 Å². The Morgan fingerprint density at radius 3 is 2.52 bits per heavy atom. The van der Waals surface area contributed by atoms with Crippen LogP contribution in [0.4, 0.5) is 4.39 Å². The molecule has 2 saturated heterocycles. The average Bonchev–Trinajstić information content (AvgIpc) is 2.86. The van der Waals surface area contributed by atoms with Crippen molar-refractivity contribution >= 4 is 5.91 Å². The lowest BCUT2D eigenvalue weighted by Crippen LogP contribution is -2.45. The molecule has 2 aliphatic rings. The van der Waals surface area contributed by atoms with Gasteiger partial charge >= 0.3 is 0 Å². The summed E-state index contributed by atoms with van der Waals surface area (Å²) in [6, 6.07) is 6.96. The van der Waals surface area contributed by atoms with Gasteiger partial charge in [-0.15, -0.1) is 0 Å². The highest BCUT2D eigenvalue weighted by Gasteiger charge is 2.29. The summed E-state index contributed by atoms with van der Waals surface area (Å²) < 4.78 is 13.8. The van der Waals surface area contributed by atoms with Crippen molar-refractivity contribution in [3.63, 3.8) is 0 Å². The van der Waals surface area contributed by atoms with E-state index in [1.54, 1.807) is 6.07 Å². The molecule has 126 valence electrons. The highest BCUT2D eigenvalue weighted by Crippen LogP contribution is 2.23. The Bertz CT molecular complexity index is 526. The van der Waals surface area contributed by atoms with Gasteiger partial charge in [0.05, 0.1) is 5.92 Å². The van der Waals surface area contributed by atoms with Crippen LogP contribution in [0.1, 0.15) is 44.1 Å². The van der Waals surface area contributed by atoms with E-state index in [-0.39, 0.29) is 11.7 Å². The minimum absolute atomic E-state index is 0.0913. The highest BCUT2D eigenvalue weighted by molar-refractivity contribution is 5.79. The SMILES string of the molecule is O=C([C@@H]1CCCN(Cc2ccccc2F)C1)N1CCCCCC1. The van der Waals surface area contributed by atoms with Gasteiger partial charge in [-0.2, -0.15) is 0 Å². The summed E-state index contributed by atoms with van der Waals surface area (Å²) in [6.45, 7) is 4.17. The lowest BCUT2D eigenvalue weighted by molar-refractivity contribution is -0.137. The second-order valence-electron chi connectivity index (χ2n) is 6.91. The van der Waals surface area contributed by atoms with Crippen molar-refractivity contribution in [2.24, 2.45) is 5.92 Å². The van der Waals surface area contributed by atoms with Crippen molar-refractivity contribution in [2.45, 2.75) is 45.1 Å². The average molecular weight is 318 g/mol. The summed E-state index contributed by atoms with van der Waals surface area (Å²) in [5.74, 6) is 0.271. The Kier molecular flexibility index (Phi) is 5.65. The molecule has 1 amide bonds. The molecule has 0 aromatic heterocycles. The molecule has 23 heavy (non-hydrogen) atoms. The molecule has 0 aliphatic carbocycles. The number of hydrogen-bond acceptors (Lipinski definition) is 2. The van der Waals surface area contributed by atoms with E-state index >= 15 is 0 Å². The van der Waals surface area contributed by atoms with Crippen LogP contribution in [0.2, 0.25) is 0 Å². The first-order valence-corrected chi connectivity index (χ1v) is 8.98. The second kappa shape index (κ2) is 7.91. The maximum Gasteiger partial charge on any atom is 0.226 e. The van der Waals surface area contributed by atoms with Crippen LogP contribution in [-0.4, -0.2) is 41.9 Å². The third-order valence-electron chi connectivity index (χ3n) is 5.12. The van der Waals surface area contributed by atoms with E-state index in [1.807, 2.05) is 12.1 Å². The number of likely N-dealkylation sites (tertiary alicyclic amines) is 2. The van der Waals surface area contributed by atoms with Gasteiger partial charge in [-0.25, -0.2) is 4.39 Å². The summed E-state index contributed by atoms with van der Waals surface area (Å²) >= 11 is 0. The van der Waals surface area contributed by atoms with Gasteiger partial charge in [0.15, 0.2) is 0 Å². The Morgan fingerprint density at radius 1 is 1.04 bits per heavy atom. The first kappa shape index (κ1) is 16.4. The Balaban J connectivity index is 1.59. The molecule has 3 nitrogen and oxygen atoms in total. The molecule has 1 aromatic carbocycles. The van der Waals surface area contributed by atoms with Crippen LogP contribution in [0, 0.1) is 11.7 Å². The lowest BCUT2D eigenvalue weighted by Gasteiger charge is -2.34. The fourth-order valence-corrected chi connectivity index (χ4v) is 3.82. The molecule has 2 heterocycles.